The molecule has 0 aliphatic carbocycles. The van der Waals surface area contributed by atoms with Crippen molar-refractivity contribution in [3.63, 3.8) is 0 Å². The zero-order chi connectivity index (χ0) is 33.8. The maximum absolute atomic E-state index is 13.0. The number of alkyl halides is 3. The van der Waals surface area contributed by atoms with Gasteiger partial charge in [0.15, 0.2) is 0 Å². The highest BCUT2D eigenvalue weighted by Crippen LogP contribution is 2.34. The van der Waals surface area contributed by atoms with Crippen molar-refractivity contribution in [2.45, 2.75) is 63.5 Å². The minimum absolute atomic E-state index is 0.134. The van der Waals surface area contributed by atoms with Gasteiger partial charge in [0.05, 0.1) is 24.4 Å². The molecular weight excluding hydrogens is 641 g/mol. The van der Waals surface area contributed by atoms with E-state index in [9.17, 15) is 23.2 Å². The zero-order valence-corrected chi connectivity index (χ0v) is 27.7. The van der Waals surface area contributed by atoms with Crippen molar-refractivity contribution in [2.75, 3.05) is 45.2 Å². The first kappa shape index (κ1) is 33.7. The number of amides is 1. The van der Waals surface area contributed by atoms with Crippen LogP contribution in [0.3, 0.4) is 0 Å². The van der Waals surface area contributed by atoms with Crippen LogP contribution in [0.4, 0.5) is 19.0 Å². The first-order valence-corrected chi connectivity index (χ1v) is 17.0. The first-order valence-electron chi connectivity index (χ1n) is 16.2. The van der Waals surface area contributed by atoms with Gasteiger partial charge < -0.3 is 24.8 Å². The Bertz CT molecular complexity index is 1810. The molecule has 1 aromatic carbocycles. The van der Waals surface area contributed by atoms with E-state index in [0.717, 1.165) is 92.0 Å². The van der Waals surface area contributed by atoms with E-state index in [4.69, 9.17) is 4.74 Å². The Kier molecular flexibility index (Phi) is 10.2. The average Bonchev–Trinajstić information content (AvgIpc) is 3.64. The molecule has 6 rings (SSSR count). The van der Waals surface area contributed by atoms with Crippen molar-refractivity contribution in [3.05, 3.63) is 59.4 Å². The number of aromatic nitrogens is 3. The van der Waals surface area contributed by atoms with Crippen molar-refractivity contribution >= 4 is 44.2 Å². The molecule has 2 fully saturated rings. The first-order chi connectivity index (χ1) is 23.1. The molecule has 2 saturated heterocycles. The molecule has 0 saturated carbocycles. The number of halogens is 3. The van der Waals surface area contributed by atoms with Crippen LogP contribution in [0.15, 0.2) is 43.2 Å². The number of benzene rings is 1. The number of hydrogen-bond donors (Lipinski definition) is 2. The molecule has 14 heteroatoms. The Morgan fingerprint density at radius 1 is 1.08 bits per heavy atom. The summed E-state index contributed by atoms with van der Waals surface area (Å²) in [6.45, 7) is 9.11. The van der Waals surface area contributed by atoms with E-state index in [-0.39, 0.29) is 22.9 Å². The zero-order valence-electron chi connectivity index (χ0n) is 26.9. The third kappa shape index (κ3) is 7.91. The summed E-state index contributed by atoms with van der Waals surface area (Å²) in [5.41, 5.74) is 2.63. The predicted octanol–water partition coefficient (Wildman–Crippen LogP) is 5.47. The number of nitriles is 1. The van der Waals surface area contributed by atoms with Gasteiger partial charge in [0.1, 0.15) is 34.5 Å². The van der Waals surface area contributed by atoms with Gasteiger partial charge in [-0.25, -0.2) is 9.97 Å². The summed E-state index contributed by atoms with van der Waals surface area (Å²) in [6, 6.07) is 10.3. The molecule has 2 aliphatic rings. The fraction of sp³-hybridized carbons (Fsp3) is 0.471. The highest BCUT2D eigenvalue weighted by molar-refractivity contribution is 7.18. The third-order valence-electron chi connectivity index (χ3n) is 9.25. The Balaban J connectivity index is 1.07. The van der Waals surface area contributed by atoms with Gasteiger partial charge in [-0.05, 0) is 50.0 Å². The number of nitrogens with one attached hydrogen (secondary N) is 2. The normalized spacial score (nSPS) is 17.1. The molecule has 2 N–H and O–H groups in total. The largest absolute Gasteiger partial charge is 0.496 e. The number of hydrogen-bond acceptors (Lipinski definition) is 9. The van der Waals surface area contributed by atoms with E-state index in [1.165, 1.54) is 12.4 Å². The van der Waals surface area contributed by atoms with Gasteiger partial charge in [0.25, 0.3) is 0 Å². The molecule has 2 aliphatic heterocycles. The number of carbonyl (C=O) groups excluding carboxylic acids is 1. The molecule has 0 bridgehead atoms. The lowest BCUT2D eigenvalue weighted by molar-refractivity contribution is -0.126. The number of fused-ring (bicyclic) bond motifs is 2. The monoisotopic (exact) mass is 680 g/mol. The molecule has 0 unspecified atom stereocenters. The Morgan fingerprint density at radius 3 is 2.50 bits per heavy atom. The second kappa shape index (κ2) is 14.5. The van der Waals surface area contributed by atoms with Gasteiger partial charge in [0, 0.05) is 79.8 Å². The lowest BCUT2D eigenvalue weighted by atomic mass is 10.0. The third-order valence-corrected chi connectivity index (χ3v) is 10.3. The van der Waals surface area contributed by atoms with Crippen LogP contribution in [0.5, 0.6) is 5.75 Å². The molecule has 0 radical (unpaired) electrons. The van der Waals surface area contributed by atoms with Crippen LogP contribution < -0.4 is 15.4 Å². The number of likely N-dealkylation sites (tertiary alicyclic amines) is 2. The van der Waals surface area contributed by atoms with Crippen molar-refractivity contribution in [1.29, 1.82) is 5.26 Å². The number of piperidine rings is 2. The van der Waals surface area contributed by atoms with Crippen LogP contribution in [-0.2, 0) is 24.3 Å². The molecule has 5 heterocycles. The summed E-state index contributed by atoms with van der Waals surface area (Å²) in [6.07, 6.45) is 0.934. The summed E-state index contributed by atoms with van der Waals surface area (Å²) in [7, 11) is 1.67. The summed E-state index contributed by atoms with van der Waals surface area (Å²) >= 11 is 1.05. The van der Waals surface area contributed by atoms with Gasteiger partial charge in [-0.2, -0.15) is 18.4 Å². The lowest BCUT2D eigenvalue weighted by Crippen LogP contribution is -2.44. The molecular formula is C34H39F3N8O2S. The second-order valence-electron chi connectivity index (χ2n) is 12.5. The topological polar surface area (TPSA) is 111 Å². The van der Waals surface area contributed by atoms with E-state index < -0.39 is 12.6 Å². The van der Waals surface area contributed by atoms with Gasteiger partial charge in [-0.3, -0.25) is 9.69 Å². The Morgan fingerprint density at radius 2 is 1.81 bits per heavy atom. The number of methoxy groups -OCH3 is 1. The van der Waals surface area contributed by atoms with Crippen LogP contribution in [0.25, 0.3) is 21.1 Å². The molecule has 0 atom stereocenters. The number of carbonyl (C=O) groups is 1. The number of nitrogens with zero attached hydrogens (tertiary/aromatic N) is 6. The van der Waals surface area contributed by atoms with Crippen molar-refractivity contribution in [2.24, 2.45) is 0 Å². The highest BCUT2D eigenvalue weighted by Gasteiger charge is 2.29. The lowest BCUT2D eigenvalue weighted by Gasteiger charge is -2.33. The fourth-order valence-corrected chi connectivity index (χ4v) is 7.79. The molecule has 48 heavy (non-hydrogen) atoms. The van der Waals surface area contributed by atoms with Gasteiger partial charge >= 0.3 is 6.18 Å². The minimum Gasteiger partial charge on any atom is -0.496 e. The van der Waals surface area contributed by atoms with Crippen LogP contribution in [0.2, 0.25) is 0 Å². The van der Waals surface area contributed by atoms with Crippen LogP contribution >= 0.6 is 11.3 Å². The molecule has 4 aromatic rings. The Labute approximate surface area is 281 Å². The van der Waals surface area contributed by atoms with Crippen LogP contribution in [-0.4, -0.2) is 88.3 Å². The average molecular weight is 681 g/mol. The summed E-state index contributed by atoms with van der Waals surface area (Å²) < 4.78 is 46.8. The Hall–Kier alpha value is -4.19. The number of rotatable bonds is 11. The second-order valence-corrected chi connectivity index (χ2v) is 13.6. The van der Waals surface area contributed by atoms with Crippen molar-refractivity contribution in [1.82, 2.24) is 29.7 Å². The fourth-order valence-electron chi connectivity index (χ4n) is 6.76. The summed E-state index contributed by atoms with van der Waals surface area (Å²) in [5.74, 6) is 1.22. The highest BCUT2D eigenvalue weighted by atomic mass is 32.1. The SMILES string of the molecule is C=CC(=O)NC1CCN(CCn2c(C#N)cc3cc(CN4CCC(Nc5ncnc6sc(CC(F)(F)F)cc56)CC4)c(OC)cc32)CC1. The van der Waals surface area contributed by atoms with Crippen LogP contribution in [0, 0.1) is 11.3 Å². The summed E-state index contributed by atoms with van der Waals surface area (Å²) in [4.78, 5) is 25.7. The number of ether oxygens (including phenoxy) is 1. The number of thiophene rings is 1. The quantitative estimate of drug-likeness (QED) is 0.201. The maximum Gasteiger partial charge on any atom is 0.393 e. The minimum atomic E-state index is -4.27. The molecule has 1 amide bonds. The van der Waals surface area contributed by atoms with E-state index in [1.54, 1.807) is 13.2 Å². The van der Waals surface area contributed by atoms with E-state index >= 15 is 0 Å². The number of anilines is 1. The van der Waals surface area contributed by atoms with Crippen LogP contribution in [0.1, 0.15) is 41.8 Å². The van der Waals surface area contributed by atoms with Crippen molar-refractivity contribution in [3.8, 4) is 11.8 Å². The van der Waals surface area contributed by atoms with Gasteiger partial charge in [0.2, 0.25) is 5.91 Å². The van der Waals surface area contributed by atoms with Gasteiger partial charge in [-0.15, -0.1) is 11.3 Å². The molecule has 3 aromatic heterocycles. The van der Waals surface area contributed by atoms with E-state index in [0.29, 0.717) is 34.8 Å². The van der Waals surface area contributed by atoms with Crippen molar-refractivity contribution < 1.29 is 22.7 Å². The molecule has 0 spiro atoms. The van der Waals surface area contributed by atoms with E-state index in [2.05, 4.69) is 53.7 Å². The smallest absolute Gasteiger partial charge is 0.393 e. The molecule has 10 nitrogen and oxygen atoms in total. The summed E-state index contributed by atoms with van der Waals surface area (Å²) in [5, 5.41) is 18.0. The maximum atomic E-state index is 13.0. The predicted molar refractivity (Wildman–Crippen MR) is 180 cm³/mol. The standard InChI is InChI=1S/C34H39F3N8O2S/c1-3-31(46)41-24-4-8-43(9-5-24)12-13-45-26(19-38)15-22-14-23(30(47-2)17-29(22)45)20-44-10-6-25(7-11-44)42-32-28-16-27(18-34(35,36)37)48-33(28)40-21-39-32/h3,14-17,21,24-25H,1,4-13,18,20H2,2H3,(H,41,46)(H,39,40,42). The molecule has 254 valence electrons. The van der Waals surface area contributed by atoms with Gasteiger partial charge in [-0.1, -0.05) is 6.58 Å². The van der Waals surface area contributed by atoms with E-state index in [1.807, 2.05) is 12.1 Å².